The molecular formula is C22H19N3OS. The van der Waals surface area contributed by atoms with Crippen molar-refractivity contribution in [1.29, 1.82) is 0 Å². The lowest BCUT2D eigenvalue weighted by Gasteiger charge is -2.22. The van der Waals surface area contributed by atoms with Crippen molar-refractivity contribution in [3.63, 3.8) is 0 Å². The maximum atomic E-state index is 13.4. The molecule has 0 spiro atoms. The molecule has 3 heterocycles. The number of hydrogen-bond acceptors (Lipinski definition) is 3. The molecule has 0 fully saturated rings. The highest BCUT2D eigenvalue weighted by molar-refractivity contribution is 7.15. The number of benzene rings is 2. The molecule has 1 unspecified atom stereocenters. The predicted octanol–water partition coefficient (Wildman–Crippen LogP) is 4.96. The molecule has 0 saturated heterocycles. The average Bonchev–Trinajstić information content (AvgIpc) is 3.33. The minimum Gasteiger partial charge on any atom is -0.304 e. The second-order valence-corrected chi connectivity index (χ2v) is 7.96. The van der Waals surface area contributed by atoms with Gasteiger partial charge in [-0.15, -0.1) is 11.3 Å². The van der Waals surface area contributed by atoms with E-state index in [0.717, 1.165) is 28.3 Å². The maximum Gasteiger partial charge on any atom is 0.276 e. The third-order valence-electron chi connectivity index (χ3n) is 5.20. The highest BCUT2D eigenvalue weighted by Crippen LogP contribution is 2.34. The molecule has 5 rings (SSSR count). The lowest BCUT2D eigenvalue weighted by Crippen LogP contribution is -2.36. The highest BCUT2D eigenvalue weighted by Gasteiger charge is 2.32. The average molecular weight is 373 g/mol. The summed E-state index contributed by atoms with van der Waals surface area (Å²) >= 11 is 1.51. The molecule has 4 nitrogen and oxygen atoms in total. The molecule has 1 amide bonds. The van der Waals surface area contributed by atoms with Crippen LogP contribution in [0, 0.1) is 6.92 Å². The van der Waals surface area contributed by atoms with Crippen LogP contribution in [-0.2, 0) is 6.42 Å². The van der Waals surface area contributed by atoms with Crippen LogP contribution in [0.1, 0.15) is 28.5 Å². The summed E-state index contributed by atoms with van der Waals surface area (Å²) < 4.78 is 1.93. The van der Waals surface area contributed by atoms with Crippen molar-refractivity contribution < 1.29 is 4.79 Å². The maximum absolute atomic E-state index is 13.4. The molecule has 4 aromatic rings. The van der Waals surface area contributed by atoms with Gasteiger partial charge in [0.1, 0.15) is 5.69 Å². The Balaban J connectivity index is 1.55. The lowest BCUT2D eigenvalue weighted by atomic mass is 10.1. The molecule has 0 aliphatic carbocycles. The van der Waals surface area contributed by atoms with Gasteiger partial charge < -0.3 is 4.90 Å². The van der Waals surface area contributed by atoms with Gasteiger partial charge >= 0.3 is 0 Å². The Morgan fingerprint density at radius 2 is 1.93 bits per heavy atom. The molecule has 27 heavy (non-hydrogen) atoms. The number of amides is 1. The van der Waals surface area contributed by atoms with Crippen LogP contribution in [0.15, 0.2) is 60.1 Å². The molecule has 0 N–H and O–H groups in total. The third-order valence-corrected chi connectivity index (χ3v) is 6.04. The van der Waals surface area contributed by atoms with E-state index in [-0.39, 0.29) is 11.9 Å². The number of fused-ring (bicyclic) bond motifs is 2. The fraction of sp³-hybridized carbons (Fsp3) is 0.182. The van der Waals surface area contributed by atoms with Crippen LogP contribution in [0.5, 0.6) is 0 Å². The van der Waals surface area contributed by atoms with E-state index < -0.39 is 0 Å². The molecule has 2 aromatic carbocycles. The van der Waals surface area contributed by atoms with Crippen molar-refractivity contribution in [2.45, 2.75) is 26.3 Å². The Kier molecular flexibility index (Phi) is 3.65. The van der Waals surface area contributed by atoms with Crippen LogP contribution in [0.25, 0.3) is 16.2 Å². The number of anilines is 1. The zero-order chi connectivity index (χ0) is 18.5. The number of aromatic nitrogens is 2. The summed E-state index contributed by atoms with van der Waals surface area (Å²) in [6.45, 7) is 4.18. The summed E-state index contributed by atoms with van der Waals surface area (Å²) in [5, 5.41) is 1.91. The fourth-order valence-corrected chi connectivity index (χ4v) is 4.65. The molecule has 1 aliphatic heterocycles. The number of nitrogens with zero attached hydrogens (tertiary/aromatic N) is 3. The summed E-state index contributed by atoms with van der Waals surface area (Å²) in [6.07, 6.45) is 2.87. The summed E-state index contributed by atoms with van der Waals surface area (Å²) in [7, 11) is 0. The van der Waals surface area contributed by atoms with Gasteiger partial charge in [0.2, 0.25) is 0 Å². The van der Waals surface area contributed by atoms with Crippen LogP contribution in [-0.4, -0.2) is 21.3 Å². The summed E-state index contributed by atoms with van der Waals surface area (Å²) in [5.41, 5.74) is 6.10. The van der Waals surface area contributed by atoms with Gasteiger partial charge in [0, 0.05) is 28.9 Å². The number of carbonyl (C=O) groups excluding carboxylic acids is 1. The molecule has 134 valence electrons. The summed E-state index contributed by atoms with van der Waals surface area (Å²) in [6, 6.07) is 16.6. The quantitative estimate of drug-likeness (QED) is 0.498. The number of hydrogen-bond donors (Lipinski definition) is 0. The first-order valence-electron chi connectivity index (χ1n) is 9.07. The minimum atomic E-state index is 0.0338. The van der Waals surface area contributed by atoms with Crippen LogP contribution < -0.4 is 4.90 Å². The zero-order valence-corrected chi connectivity index (χ0v) is 16.0. The van der Waals surface area contributed by atoms with Crippen LogP contribution in [0.4, 0.5) is 5.69 Å². The molecule has 5 heteroatoms. The summed E-state index contributed by atoms with van der Waals surface area (Å²) in [4.78, 5) is 20.8. The smallest absolute Gasteiger partial charge is 0.276 e. The second kappa shape index (κ2) is 6.06. The van der Waals surface area contributed by atoms with E-state index in [1.54, 1.807) is 0 Å². The highest BCUT2D eigenvalue weighted by atomic mass is 32.1. The molecular weight excluding hydrogens is 354 g/mol. The Labute approximate surface area is 161 Å². The van der Waals surface area contributed by atoms with Gasteiger partial charge in [0.25, 0.3) is 5.91 Å². The molecule has 0 saturated carbocycles. The van der Waals surface area contributed by atoms with E-state index in [2.05, 4.69) is 44.2 Å². The Hall–Kier alpha value is -2.92. The number of thiazole rings is 1. The van der Waals surface area contributed by atoms with Crippen LogP contribution >= 0.6 is 11.3 Å². The fourth-order valence-electron chi connectivity index (χ4n) is 3.80. The van der Waals surface area contributed by atoms with E-state index in [1.165, 1.54) is 22.5 Å². The Morgan fingerprint density at radius 1 is 1.15 bits per heavy atom. The number of rotatable bonds is 2. The molecule has 2 aromatic heterocycles. The number of aryl methyl sites for hydroxylation is 1. The van der Waals surface area contributed by atoms with Gasteiger partial charge in [-0.2, -0.15) is 0 Å². The minimum absolute atomic E-state index is 0.0338. The van der Waals surface area contributed by atoms with Gasteiger partial charge in [0.15, 0.2) is 4.96 Å². The first kappa shape index (κ1) is 16.3. The van der Waals surface area contributed by atoms with E-state index in [1.807, 2.05) is 39.1 Å². The Morgan fingerprint density at radius 3 is 2.74 bits per heavy atom. The first-order valence-corrected chi connectivity index (χ1v) is 9.95. The topological polar surface area (TPSA) is 37.6 Å². The standard InChI is InChI=1S/C22H19N3OS/c1-14-7-9-16(10-8-14)18-12-24-20(13-27-22(24)23-18)21(26)25-15(2)11-17-5-3-4-6-19(17)25/h3-10,12-13,15H,11H2,1-2H3. The Bertz CT molecular complexity index is 1160. The van der Waals surface area contributed by atoms with Gasteiger partial charge in [-0.3, -0.25) is 9.20 Å². The van der Waals surface area contributed by atoms with Gasteiger partial charge in [-0.1, -0.05) is 48.0 Å². The van der Waals surface area contributed by atoms with Gasteiger partial charge in [0.05, 0.1) is 5.69 Å². The molecule has 1 aliphatic rings. The normalized spacial score (nSPS) is 16.1. The second-order valence-electron chi connectivity index (χ2n) is 7.12. The van der Waals surface area contributed by atoms with E-state index in [4.69, 9.17) is 4.98 Å². The van der Waals surface area contributed by atoms with E-state index >= 15 is 0 Å². The zero-order valence-electron chi connectivity index (χ0n) is 15.2. The van der Waals surface area contributed by atoms with Crippen LogP contribution in [0.3, 0.4) is 0 Å². The molecule has 0 bridgehead atoms. The van der Waals surface area contributed by atoms with E-state index in [9.17, 15) is 4.79 Å². The van der Waals surface area contributed by atoms with Crippen molar-refractivity contribution in [3.8, 4) is 11.3 Å². The summed E-state index contributed by atoms with van der Waals surface area (Å²) in [5.74, 6) is 0.0338. The number of para-hydroxylation sites is 1. The van der Waals surface area contributed by atoms with Crippen molar-refractivity contribution in [2.24, 2.45) is 0 Å². The monoisotopic (exact) mass is 373 g/mol. The largest absolute Gasteiger partial charge is 0.304 e. The van der Waals surface area contributed by atoms with Crippen LogP contribution in [0.2, 0.25) is 0 Å². The SMILES string of the molecule is Cc1ccc(-c2cn3c(C(=O)N4c5ccccc5CC4C)csc3n2)cc1. The number of carbonyl (C=O) groups is 1. The van der Waals surface area contributed by atoms with Crippen molar-refractivity contribution >= 4 is 27.9 Å². The van der Waals surface area contributed by atoms with Gasteiger partial charge in [-0.25, -0.2) is 4.98 Å². The lowest BCUT2D eigenvalue weighted by molar-refractivity contribution is 0.0976. The molecule has 0 radical (unpaired) electrons. The predicted molar refractivity (Wildman–Crippen MR) is 110 cm³/mol. The van der Waals surface area contributed by atoms with Crippen molar-refractivity contribution in [3.05, 3.63) is 76.9 Å². The number of imidazole rings is 1. The first-order chi connectivity index (χ1) is 13.1. The van der Waals surface area contributed by atoms with Crippen molar-refractivity contribution in [1.82, 2.24) is 9.38 Å². The molecule has 1 atom stereocenters. The van der Waals surface area contributed by atoms with E-state index in [0.29, 0.717) is 5.69 Å². The van der Waals surface area contributed by atoms with Crippen molar-refractivity contribution in [2.75, 3.05) is 4.90 Å². The van der Waals surface area contributed by atoms with Gasteiger partial charge in [-0.05, 0) is 31.9 Å². The third kappa shape index (κ3) is 2.58.